The number of nitrogens with one attached hydrogen (secondary N) is 1. The average molecular weight is 481 g/mol. The predicted octanol–water partition coefficient (Wildman–Crippen LogP) is 2.28. The molecule has 0 spiro atoms. The van der Waals surface area contributed by atoms with Crippen LogP contribution in [-0.4, -0.2) is 74.9 Å². The number of aromatic nitrogens is 6. The van der Waals surface area contributed by atoms with E-state index >= 15 is 0 Å². The van der Waals surface area contributed by atoms with E-state index in [0.717, 1.165) is 30.5 Å². The molecule has 35 heavy (non-hydrogen) atoms. The van der Waals surface area contributed by atoms with Gasteiger partial charge in [0, 0.05) is 25.7 Å². The molecule has 0 unspecified atom stereocenters. The monoisotopic (exact) mass is 480 g/mol. The third kappa shape index (κ3) is 4.05. The SMILES string of the molecule is COc1cc(-n2cnc(Nc3nc(N4CCC[C@H]4CO)nc4c3cnn4C)c2)cc(OC)c1OC. The maximum atomic E-state index is 9.78. The highest BCUT2D eigenvalue weighted by Crippen LogP contribution is 2.39. The van der Waals surface area contributed by atoms with Gasteiger partial charge in [-0.2, -0.15) is 15.1 Å². The van der Waals surface area contributed by atoms with Crippen molar-refractivity contribution in [3.63, 3.8) is 0 Å². The summed E-state index contributed by atoms with van der Waals surface area (Å²) in [5, 5.41) is 18.2. The number of rotatable bonds is 8. The van der Waals surface area contributed by atoms with Gasteiger partial charge in [-0.15, -0.1) is 0 Å². The van der Waals surface area contributed by atoms with Gasteiger partial charge in [-0.25, -0.2) is 4.98 Å². The van der Waals surface area contributed by atoms with Crippen LogP contribution in [0.1, 0.15) is 12.8 Å². The number of anilines is 3. The van der Waals surface area contributed by atoms with Gasteiger partial charge < -0.3 is 34.1 Å². The van der Waals surface area contributed by atoms with E-state index in [9.17, 15) is 5.11 Å². The van der Waals surface area contributed by atoms with Gasteiger partial charge in [-0.3, -0.25) is 4.68 Å². The van der Waals surface area contributed by atoms with E-state index in [-0.39, 0.29) is 12.6 Å². The molecule has 0 aliphatic carbocycles. The smallest absolute Gasteiger partial charge is 0.229 e. The Kier molecular flexibility index (Phi) is 6.03. The van der Waals surface area contributed by atoms with Gasteiger partial charge in [0.15, 0.2) is 17.1 Å². The van der Waals surface area contributed by atoms with Gasteiger partial charge >= 0.3 is 0 Å². The third-order valence-electron chi connectivity index (χ3n) is 6.20. The second-order valence-electron chi connectivity index (χ2n) is 8.22. The summed E-state index contributed by atoms with van der Waals surface area (Å²) < 4.78 is 19.9. The topological polar surface area (TPSA) is 125 Å². The first kappa shape index (κ1) is 22.7. The van der Waals surface area contributed by atoms with Crippen LogP contribution < -0.4 is 24.4 Å². The molecule has 0 bridgehead atoms. The second kappa shape index (κ2) is 9.29. The van der Waals surface area contributed by atoms with Crippen LogP contribution in [-0.2, 0) is 7.05 Å². The molecule has 0 saturated carbocycles. The van der Waals surface area contributed by atoms with Crippen LogP contribution in [0.15, 0.2) is 30.9 Å². The van der Waals surface area contributed by atoms with Gasteiger partial charge in [0.2, 0.25) is 11.7 Å². The van der Waals surface area contributed by atoms with E-state index in [0.29, 0.717) is 40.5 Å². The number of imidazole rings is 1. The van der Waals surface area contributed by atoms with Gasteiger partial charge in [-0.1, -0.05) is 0 Å². The molecule has 2 N–H and O–H groups in total. The number of aryl methyl sites for hydroxylation is 1. The molecule has 12 nitrogen and oxygen atoms in total. The molecule has 3 aromatic heterocycles. The normalized spacial score (nSPS) is 15.6. The maximum Gasteiger partial charge on any atom is 0.229 e. The second-order valence-corrected chi connectivity index (χ2v) is 8.22. The van der Waals surface area contributed by atoms with Crippen LogP contribution in [0.25, 0.3) is 16.7 Å². The minimum Gasteiger partial charge on any atom is -0.493 e. The molecule has 0 amide bonds. The Hall–Kier alpha value is -4.06. The van der Waals surface area contributed by atoms with Crippen LogP contribution in [0.4, 0.5) is 17.6 Å². The number of aliphatic hydroxyl groups is 1. The number of fused-ring (bicyclic) bond motifs is 1. The first-order chi connectivity index (χ1) is 17.1. The van der Waals surface area contributed by atoms with E-state index in [4.69, 9.17) is 24.2 Å². The lowest BCUT2D eigenvalue weighted by Gasteiger charge is -2.23. The molecule has 5 rings (SSSR count). The molecule has 1 aliphatic rings. The quantitative estimate of drug-likeness (QED) is 0.388. The summed E-state index contributed by atoms with van der Waals surface area (Å²) in [5.41, 5.74) is 1.49. The zero-order valence-corrected chi connectivity index (χ0v) is 20.1. The first-order valence-electron chi connectivity index (χ1n) is 11.2. The molecule has 4 heterocycles. The van der Waals surface area contributed by atoms with E-state index in [1.807, 2.05) is 34.8 Å². The van der Waals surface area contributed by atoms with Gasteiger partial charge in [0.05, 0.1) is 57.4 Å². The Morgan fingerprint density at radius 1 is 1.11 bits per heavy atom. The van der Waals surface area contributed by atoms with Crippen molar-refractivity contribution >= 4 is 28.6 Å². The number of methoxy groups -OCH3 is 3. The van der Waals surface area contributed by atoms with Crippen molar-refractivity contribution in [3.8, 4) is 22.9 Å². The zero-order chi connectivity index (χ0) is 24.5. The molecular formula is C23H28N8O4. The van der Waals surface area contributed by atoms with E-state index in [2.05, 4.69) is 15.4 Å². The summed E-state index contributed by atoms with van der Waals surface area (Å²) in [6.07, 6.45) is 7.15. The van der Waals surface area contributed by atoms with Crippen molar-refractivity contribution in [2.24, 2.45) is 7.05 Å². The minimum atomic E-state index is 0.00719. The van der Waals surface area contributed by atoms with Gasteiger partial charge in [-0.05, 0) is 12.8 Å². The summed E-state index contributed by atoms with van der Waals surface area (Å²) in [7, 11) is 6.57. The predicted molar refractivity (Wildman–Crippen MR) is 130 cm³/mol. The van der Waals surface area contributed by atoms with Crippen LogP contribution in [0, 0.1) is 0 Å². The Bertz CT molecular complexity index is 1330. The van der Waals surface area contributed by atoms with Gasteiger partial charge in [0.1, 0.15) is 18.0 Å². The van der Waals surface area contributed by atoms with Crippen LogP contribution in [0.2, 0.25) is 0 Å². The Morgan fingerprint density at radius 3 is 2.57 bits per heavy atom. The van der Waals surface area contributed by atoms with Crippen molar-refractivity contribution in [3.05, 3.63) is 30.9 Å². The van der Waals surface area contributed by atoms with Crippen LogP contribution in [0.5, 0.6) is 17.2 Å². The molecular weight excluding hydrogens is 452 g/mol. The highest BCUT2D eigenvalue weighted by molar-refractivity contribution is 5.89. The van der Waals surface area contributed by atoms with Crippen molar-refractivity contribution in [2.45, 2.75) is 18.9 Å². The average Bonchev–Trinajstić information content (AvgIpc) is 3.63. The molecule has 0 radical (unpaired) electrons. The largest absolute Gasteiger partial charge is 0.493 e. The van der Waals surface area contributed by atoms with Crippen molar-refractivity contribution < 1.29 is 19.3 Å². The zero-order valence-electron chi connectivity index (χ0n) is 20.1. The fraction of sp³-hybridized carbons (Fsp3) is 0.391. The lowest BCUT2D eigenvalue weighted by molar-refractivity contribution is 0.265. The fourth-order valence-corrected chi connectivity index (χ4v) is 4.39. The molecule has 1 atom stereocenters. The van der Waals surface area contributed by atoms with Gasteiger partial charge in [0.25, 0.3) is 0 Å². The third-order valence-corrected chi connectivity index (χ3v) is 6.20. The molecule has 184 valence electrons. The fourth-order valence-electron chi connectivity index (χ4n) is 4.39. The molecule has 1 saturated heterocycles. The minimum absolute atomic E-state index is 0.00719. The Morgan fingerprint density at radius 2 is 1.89 bits per heavy atom. The first-order valence-corrected chi connectivity index (χ1v) is 11.2. The van der Waals surface area contributed by atoms with E-state index < -0.39 is 0 Å². The lowest BCUT2D eigenvalue weighted by atomic mass is 10.2. The number of benzene rings is 1. The number of nitrogens with zero attached hydrogens (tertiary/aromatic N) is 7. The van der Waals surface area contributed by atoms with E-state index in [1.165, 1.54) is 0 Å². The molecule has 1 aliphatic heterocycles. The molecule has 4 aromatic rings. The standard InChI is InChI=1S/C23H28N8O4/c1-29-22-16(10-25-29)21(27-23(28-22)31-7-5-6-14(31)12-32)26-19-11-30(13-24-19)15-8-17(33-2)20(35-4)18(9-15)34-3/h8-11,13-14,32H,5-7,12H2,1-4H3,(H,26,27,28)/t14-/m0/s1. The summed E-state index contributed by atoms with van der Waals surface area (Å²) in [6, 6.07) is 3.70. The Labute approximate surface area is 202 Å². The lowest BCUT2D eigenvalue weighted by Crippen LogP contribution is -2.33. The molecule has 12 heteroatoms. The summed E-state index contributed by atoms with van der Waals surface area (Å²) in [4.78, 5) is 16.1. The summed E-state index contributed by atoms with van der Waals surface area (Å²) >= 11 is 0. The number of hydrogen-bond acceptors (Lipinski definition) is 10. The maximum absolute atomic E-state index is 9.78. The highest BCUT2D eigenvalue weighted by atomic mass is 16.5. The van der Waals surface area contributed by atoms with Crippen molar-refractivity contribution in [1.82, 2.24) is 29.3 Å². The molecule has 1 fully saturated rings. The number of ether oxygens (including phenoxy) is 3. The van der Waals surface area contributed by atoms with Crippen LogP contribution >= 0.6 is 0 Å². The van der Waals surface area contributed by atoms with E-state index in [1.54, 1.807) is 38.5 Å². The highest BCUT2D eigenvalue weighted by Gasteiger charge is 2.27. The number of aliphatic hydroxyl groups excluding tert-OH is 1. The van der Waals surface area contributed by atoms with Crippen molar-refractivity contribution in [1.29, 1.82) is 0 Å². The molecule has 1 aromatic carbocycles. The Balaban J connectivity index is 1.50. The van der Waals surface area contributed by atoms with Crippen LogP contribution in [0.3, 0.4) is 0 Å². The summed E-state index contributed by atoms with van der Waals surface area (Å²) in [6.45, 7) is 0.860. The number of hydrogen-bond donors (Lipinski definition) is 2. The van der Waals surface area contributed by atoms with Crippen molar-refractivity contribution in [2.75, 3.05) is 44.7 Å². The summed E-state index contributed by atoms with van der Waals surface area (Å²) in [5.74, 6) is 3.36.